The van der Waals surface area contributed by atoms with Crippen molar-refractivity contribution in [2.75, 3.05) is 6.54 Å². The molecular weight excluding hydrogens is 457 g/mol. The summed E-state index contributed by atoms with van der Waals surface area (Å²) in [7, 11) is 0. The third-order valence-electron chi connectivity index (χ3n) is 5.28. The van der Waals surface area contributed by atoms with Crippen LogP contribution in [-0.4, -0.2) is 29.4 Å². The van der Waals surface area contributed by atoms with E-state index in [4.69, 9.17) is 0 Å². The van der Waals surface area contributed by atoms with Crippen molar-refractivity contribution in [1.82, 2.24) is 20.9 Å². The van der Waals surface area contributed by atoms with E-state index >= 15 is 0 Å². The summed E-state index contributed by atoms with van der Waals surface area (Å²) in [6.45, 7) is 1.45. The van der Waals surface area contributed by atoms with Crippen molar-refractivity contribution in [2.45, 2.75) is 18.6 Å². The molecular formula is C22H17F3N4O3S. The van der Waals surface area contributed by atoms with E-state index < -0.39 is 35.1 Å². The normalized spacial score (nSPS) is 18.1. The summed E-state index contributed by atoms with van der Waals surface area (Å²) >= 11 is 1.17. The number of nitrogens with zero attached hydrogens (tertiary/aromatic N) is 1. The Morgan fingerprint density at radius 1 is 1.12 bits per heavy atom. The van der Waals surface area contributed by atoms with Crippen LogP contribution in [-0.2, 0) is 16.5 Å². The van der Waals surface area contributed by atoms with Gasteiger partial charge in [0.2, 0.25) is 0 Å². The van der Waals surface area contributed by atoms with Gasteiger partial charge in [-0.25, -0.2) is 9.78 Å². The number of carbonyl (C=O) groups excluding carboxylic acids is 3. The highest BCUT2D eigenvalue weighted by atomic mass is 32.1. The zero-order valence-electron chi connectivity index (χ0n) is 17.1. The molecule has 3 aromatic rings. The average Bonchev–Trinajstić information content (AvgIpc) is 3.34. The molecule has 11 heteroatoms. The molecule has 1 aliphatic rings. The molecule has 0 saturated carbocycles. The topological polar surface area (TPSA) is 100 Å². The molecule has 33 heavy (non-hydrogen) atoms. The van der Waals surface area contributed by atoms with Gasteiger partial charge in [-0.05, 0) is 36.2 Å². The predicted octanol–water partition coefficient (Wildman–Crippen LogP) is 3.60. The van der Waals surface area contributed by atoms with Crippen LogP contribution in [0, 0.1) is 6.92 Å². The van der Waals surface area contributed by atoms with Gasteiger partial charge in [-0.2, -0.15) is 13.2 Å². The minimum atomic E-state index is -4.47. The summed E-state index contributed by atoms with van der Waals surface area (Å²) in [5.41, 5.74) is 0.820. The van der Waals surface area contributed by atoms with E-state index in [9.17, 15) is 27.6 Å². The van der Waals surface area contributed by atoms with Crippen molar-refractivity contribution >= 4 is 29.2 Å². The summed E-state index contributed by atoms with van der Waals surface area (Å²) in [5.74, 6) is -1.17. The first-order valence-electron chi connectivity index (χ1n) is 9.71. The lowest BCUT2D eigenvalue weighted by molar-refractivity contribution is -0.137. The highest BCUT2D eigenvalue weighted by molar-refractivity contribution is 7.10. The molecule has 0 spiro atoms. The lowest BCUT2D eigenvalue weighted by Crippen LogP contribution is -2.52. The number of alkyl halides is 3. The van der Waals surface area contributed by atoms with Gasteiger partial charge in [0, 0.05) is 5.56 Å². The number of benzene rings is 2. The maximum atomic E-state index is 13.1. The number of hydrogen-bond acceptors (Lipinski definition) is 5. The van der Waals surface area contributed by atoms with Crippen LogP contribution >= 0.6 is 11.3 Å². The molecule has 2 heterocycles. The number of aromatic nitrogens is 1. The largest absolute Gasteiger partial charge is 0.416 e. The average molecular weight is 474 g/mol. The smallest absolute Gasteiger partial charge is 0.349 e. The zero-order chi connectivity index (χ0) is 23.8. The fourth-order valence-corrected chi connectivity index (χ4v) is 4.60. The van der Waals surface area contributed by atoms with Crippen LogP contribution in [0.5, 0.6) is 0 Å². The maximum Gasteiger partial charge on any atom is 0.416 e. The number of rotatable bonds is 5. The van der Waals surface area contributed by atoms with Gasteiger partial charge in [0.05, 0.1) is 28.2 Å². The summed E-state index contributed by atoms with van der Waals surface area (Å²) in [4.78, 5) is 42.2. The molecule has 170 valence electrons. The predicted molar refractivity (Wildman–Crippen MR) is 114 cm³/mol. The number of aryl methyl sites for hydroxylation is 1. The van der Waals surface area contributed by atoms with E-state index in [1.54, 1.807) is 25.1 Å². The van der Waals surface area contributed by atoms with Crippen molar-refractivity contribution in [1.29, 1.82) is 0 Å². The van der Waals surface area contributed by atoms with Crippen molar-refractivity contribution < 1.29 is 27.6 Å². The SMILES string of the molecule is Cc1ncsc1C1(CNC(=O)c2ccccc2-c2ccc(C(F)(F)F)cc2)NC(=O)NC1=O. The molecule has 1 unspecified atom stereocenters. The van der Waals surface area contributed by atoms with Gasteiger partial charge in [-0.15, -0.1) is 11.3 Å². The second-order valence-corrected chi connectivity index (χ2v) is 8.24. The molecule has 4 rings (SSSR count). The third kappa shape index (κ3) is 4.19. The first-order valence-corrected chi connectivity index (χ1v) is 10.6. The van der Waals surface area contributed by atoms with Crippen LogP contribution in [0.25, 0.3) is 11.1 Å². The van der Waals surface area contributed by atoms with Gasteiger partial charge < -0.3 is 10.6 Å². The Morgan fingerprint density at radius 2 is 1.82 bits per heavy atom. The van der Waals surface area contributed by atoms with Crippen LogP contribution in [0.2, 0.25) is 0 Å². The van der Waals surface area contributed by atoms with E-state index in [2.05, 4.69) is 20.9 Å². The van der Waals surface area contributed by atoms with Crippen LogP contribution in [0.3, 0.4) is 0 Å². The van der Waals surface area contributed by atoms with Crippen molar-refractivity contribution in [2.24, 2.45) is 0 Å². The molecule has 2 aromatic carbocycles. The number of carbonyl (C=O) groups is 3. The van der Waals surface area contributed by atoms with E-state index in [-0.39, 0.29) is 12.1 Å². The summed E-state index contributed by atoms with van der Waals surface area (Å²) in [6, 6.07) is 10.2. The summed E-state index contributed by atoms with van der Waals surface area (Å²) in [6.07, 6.45) is -4.47. The quantitative estimate of drug-likeness (QED) is 0.492. The lowest BCUT2D eigenvalue weighted by atomic mass is 9.95. The molecule has 4 amide bonds. The number of urea groups is 1. The Balaban J connectivity index is 1.61. The van der Waals surface area contributed by atoms with E-state index in [1.807, 2.05) is 0 Å². The molecule has 0 aliphatic carbocycles. The highest BCUT2D eigenvalue weighted by Crippen LogP contribution is 2.33. The maximum absolute atomic E-state index is 13.1. The van der Waals surface area contributed by atoms with Gasteiger partial charge in [0.1, 0.15) is 0 Å². The standard InChI is InChI=1S/C22H17F3N4O3S/c1-12-17(33-11-27-12)21(19(31)28-20(32)29-21)10-26-18(30)16-5-3-2-4-15(16)13-6-8-14(9-7-13)22(23,24)25/h2-9,11H,10H2,1H3,(H,26,30)(H2,28,29,31,32). The van der Waals surface area contributed by atoms with Gasteiger partial charge in [-0.3, -0.25) is 14.9 Å². The van der Waals surface area contributed by atoms with Crippen LogP contribution < -0.4 is 16.0 Å². The summed E-state index contributed by atoms with van der Waals surface area (Å²) < 4.78 is 38.7. The Kier molecular flexibility index (Phi) is 5.66. The van der Waals surface area contributed by atoms with Crippen LogP contribution in [0.15, 0.2) is 54.0 Å². The van der Waals surface area contributed by atoms with Crippen LogP contribution in [0.1, 0.15) is 26.5 Å². The van der Waals surface area contributed by atoms with Gasteiger partial charge in [-0.1, -0.05) is 30.3 Å². The number of imide groups is 1. The molecule has 1 saturated heterocycles. The zero-order valence-corrected chi connectivity index (χ0v) is 17.9. The van der Waals surface area contributed by atoms with Crippen molar-refractivity contribution in [3.63, 3.8) is 0 Å². The molecule has 1 atom stereocenters. The minimum absolute atomic E-state index is 0.207. The van der Waals surface area contributed by atoms with Gasteiger partial charge in [0.25, 0.3) is 11.8 Å². The number of halogens is 3. The fourth-order valence-electron chi connectivity index (χ4n) is 3.65. The Bertz CT molecular complexity index is 1240. The molecule has 3 N–H and O–H groups in total. The molecule has 0 bridgehead atoms. The second kappa shape index (κ2) is 8.32. The first kappa shape index (κ1) is 22.5. The molecule has 7 nitrogen and oxygen atoms in total. The van der Waals surface area contributed by atoms with Crippen LogP contribution in [0.4, 0.5) is 18.0 Å². The van der Waals surface area contributed by atoms with Gasteiger partial charge in [0.15, 0.2) is 5.54 Å². The summed E-state index contributed by atoms with van der Waals surface area (Å²) in [5, 5.41) is 7.45. The second-order valence-electron chi connectivity index (χ2n) is 7.38. The van der Waals surface area contributed by atoms with Gasteiger partial charge >= 0.3 is 12.2 Å². The molecule has 1 fully saturated rings. The lowest BCUT2D eigenvalue weighted by Gasteiger charge is -2.26. The first-order chi connectivity index (χ1) is 15.6. The molecule has 1 aliphatic heterocycles. The molecule has 0 radical (unpaired) electrons. The number of amides is 4. The monoisotopic (exact) mass is 474 g/mol. The number of thiazole rings is 1. The fraction of sp³-hybridized carbons (Fsp3) is 0.182. The third-order valence-corrected chi connectivity index (χ3v) is 6.37. The Hall–Kier alpha value is -3.73. The number of hydrogen-bond donors (Lipinski definition) is 3. The van der Waals surface area contributed by atoms with E-state index in [0.717, 1.165) is 12.1 Å². The van der Waals surface area contributed by atoms with E-state index in [0.29, 0.717) is 21.7 Å². The Morgan fingerprint density at radius 3 is 2.39 bits per heavy atom. The Labute approximate surface area is 190 Å². The molecule has 1 aromatic heterocycles. The van der Waals surface area contributed by atoms with Crippen molar-refractivity contribution in [3.8, 4) is 11.1 Å². The van der Waals surface area contributed by atoms with Crippen molar-refractivity contribution in [3.05, 3.63) is 75.7 Å². The van der Waals surface area contributed by atoms with E-state index in [1.165, 1.54) is 35.0 Å². The highest BCUT2D eigenvalue weighted by Gasteiger charge is 2.50. The minimum Gasteiger partial charge on any atom is -0.349 e. The number of nitrogens with one attached hydrogen (secondary N) is 3.